The van der Waals surface area contributed by atoms with Crippen molar-refractivity contribution in [3.63, 3.8) is 0 Å². The zero-order valence-corrected chi connectivity index (χ0v) is 21.3. The monoisotopic (exact) mass is 470 g/mol. The second kappa shape index (κ2) is 17.6. The molecule has 7 nitrogen and oxygen atoms in total. The summed E-state index contributed by atoms with van der Waals surface area (Å²) < 4.78 is -0.411. The van der Waals surface area contributed by atoms with E-state index in [1.165, 1.54) is 12.8 Å². The molecule has 33 heavy (non-hydrogen) atoms. The van der Waals surface area contributed by atoms with Crippen molar-refractivity contribution < 1.29 is 34.2 Å². The lowest BCUT2D eigenvalue weighted by Crippen LogP contribution is -2.72. The van der Waals surface area contributed by atoms with Gasteiger partial charge in [0.2, 0.25) is 0 Å². The molecule has 0 rings (SSSR count). The van der Waals surface area contributed by atoms with Crippen LogP contribution in [0, 0.1) is 0 Å². The van der Waals surface area contributed by atoms with Crippen molar-refractivity contribution in [2.24, 2.45) is 0 Å². The Morgan fingerprint density at radius 1 is 0.606 bits per heavy atom. The average Bonchev–Trinajstić information content (AvgIpc) is 2.75. The number of hydrogen-bond acceptors (Lipinski definition) is 3. The van der Waals surface area contributed by atoms with Crippen LogP contribution in [0.4, 0.5) is 0 Å². The van der Waals surface area contributed by atoms with Gasteiger partial charge in [-0.3, -0.25) is 4.48 Å². The number of carboxylic acid groups (broad SMARTS) is 3. The largest absolute Gasteiger partial charge is 0.477 e. The fourth-order valence-corrected chi connectivity index (χ4v) is 5.19. The van der Waals surface area contributed by atoms with E-state index in [1.54, 1.807) is 20.8 Å². The number of unbranched alkanes of at least 4 members (excludes halogenated alkanes) is 8. The highest BCUT2D eigenvalue weighted by Crippen LogP contribution is 2.32. The van der Waals surface area contributed by atoms with E-state index < -0.39 is 40.5 Å². The van der Waals surface area contributed by atoms with Gasteiger partial charge in [0, 0.05) is 19.3 Å². The Hall–Kier alpha value is -1.89. The van der Waals surface area contributed by atoms with Crippen LogP contribution in [-0.4, -0.2) is 62.4 Å². The average molecular weight is 471 g/mol. The van der Waals surface area contributed by atoms with Gasteiger partial charge >= 0.3 is 17.9 Å². The van der Waals surface area contributed by atoms with Crippen LogP contribution in [0.3, 0.4) is 0 Å². The molecule has 0 amide bonds. The van der Waals surface area contributed by atoms with Crippen molar-refractivity contribution >= 4 is 17.9 Å². The van der Waals surface area contributed by atoms with E-state index in [2.05, 4.69) is 19.1 Å². The summed E-state index contributed by atoms with van der Waals surface area (Å²) in [5, 5.41) is 29.8. The number of hydrogen-bond donors (Lipinski definition) is 3. The Labute approximate surface area is 200 Å². The molecule has 192 valence electrons. The van der Waals surface area contributed by atoms with E-state index in [1.807, 2.05) is 0 Å². The molecule has 0 spiro atoms. The van der Waals surface area contributed by atoms with E-state index in [0.717, 1.165) is 44.9 Å². The van der Waals surface area contributed by atoms with E-state index in [9.17, 15) is 29.7 Å². The van der Waals surface area contributed by atoms with Crippen LogP contribution in [0.25, 0.3) is 0 Å². The highest BCUT2D eigenvalue weighted by atomic mass is 16.4. The summed E-state index contributed by atoms with van der Waals surface area (Å²) in [5.41, 5.74) is 0. The first-order chi connectivity index (χ1) is 15.7. The van der Waals surface area contributed by atoms with Gasteiger partial charge in [-0.1, -0.05) is 72.0 Å². The summed E-state index contributed by atoms with van der Waals surface area (Å²) in [5.74, 6) is -3.36. The maximum Gasteiger partial charge on any atom is 0.362 e. The van der Waals surface area contributed by atoms with Crippen molar-refractivity contribution in [1.82, 2.24) is 0 Å². The SMILES string of the molecule is CCCC/C=C/CCCCCCCC[N+](C(CC)C(=O)O)(C(CC)C(=O)O)C(CC)C(=O)O. The van der Waals surface area contributed by atoms with Crippen molar-refractivity contribution in [2.75, 3.05) is 6.54 Å². The Balaban J connectivity index is 5.22. The minimum absolute atomic E-state index is 0.189. The summed E-state index contributed by atoms with van der Waals surface area (Å²) >= 11 is 0. The predicted octanol–water partition coefficient (Wildman–Crippen LogP) is 5.87. The molecule has 0 saturated carbocycles. The first kappa shape index (κ1) is 31.1. The molecule has 0 aromatic rings. The van der Waals surface area contributed by atoms with Gasteiger partial charge < -0.3 is 15.3 Å². The van der Waals surface area contributed by atoms with Crippen LogP contribution in [0.5, 0.6) is 0 Å². The van der Waals surface area contributed by atoms with Crippen LogP contribution in [0.1, 0.15) is 111 Å². The number of rotatable bonds is 21. The van der Waals surface area contributed by atoms with Gasteiger partial charge in [-0.05, 0) is 32.1 Å². The molecule has 0 aromatic heterocycles. The second-order valence-electron chi connectivity index (χ2n) is 9.03. The van der Waals surface area contributed by atoms with Crippen LogP contribution >= 0.6 is 0 Å². The molecule has 3 atom stereocenters. The van der Waals surface area contributed by atoms with Crippen molar-refractivity contribution in [2.45, 2.75) is 129 Å². The lowest BCUT2D eigenvalue weighted by molar-refractivity contribution is -0.973. The smallest absolute Gasteiger partial charge is 0.362 e. The van der Waals surface area contributed by atoms with E-state index in [4.69, 9.17) is 0 Å². The molecular weight excluding hydrogens is 422 g/mol. The molecular formula is C26H48NO6+. The first-order valence-corrected chi connectivity index (χ1v) is 12.9. The molecule has 0 radical (unpaired) electrons. The van der Waals surface area contributed by atoms with Crippen LogP contribution in [0.15, 0.2) is 12.2 Å². The Morgan fingerprint density at radius 3 is 1.33 bits per heavy atom. The van der Waals surface area contributed by atoms with Gasteiger partial charge in [0.1, 0.15) is 0 Å². The number of carbonyl (C=O) groups is 3. The van der Waals surface area contributed by atoms with Crippen LogP contribution in [0.2, 0.25) is 0 Å². The molecule has 0 aromatic carbocycles. The molecule has 7 heteroatoms. The summed E-state index contributed by atoms with van der Waals surface area (Å²) in [7, 11) is 0. The third kappa shape index (κ3) is 9.86. The zero-order chi connectivity index (χ0) is 25.3. The molecule has 0 aliphatic heterocycles. The molecule has 0 fully saturated rings. The molecule has 0 bridgehead atoms. The third-order valence-corrected chi connectivity index (χ3v) is 6.81. The molecule has 0 aliphatic carbocycles. The Bertz CT molecular complexity index is 549. The van der Waals surface area contributed by atoms with Gasteiger partial charge in [-0.2, -0.15) is 0 Å². The fraction of sp³-hybridized carbons (Fsp3) is 0.808. The maximum atomic E-state index is 12.2. The lowest BCUT2D eigenvalue weighted by atomic mass is 9.93. The number of nitrogens with zero attached hydrogens (tertiary/aromatic N) is 1. The highest BCUT2D eigenvalue weighted by Gasteiger charge is 2.55. The summed E-state index contributed by atoms with van der Waals surface area (Å²) in [4.78, 5) is 36.5. The topological polar surface area (TPSA) is 112 Å². The number of allylic oxidation sites excluding steroid dienone is 2. The molecule has 0 heterocycles. The molecule has 0 saturated heterocycles. The van der Waals surface area contributed by atoms with Crippen LogP contribution in [-0.2, 0) is 14.4 Å². The summed E-state index contributed by atoms with van der Waals surface area (Å²) in [6.07, 6.45) is 15.6. The quantitative estimate of drug-likeness (QED) is 0.110. The minimum atomic E-state index is -1.12. The summed E-state index contributed by atoms with van der Waals surface area (Å²) in [6.45, 7) is 7.54. The maximum absolute atomic E-state index is 12.2. The van der Waals surface area contributed by atoms with Crippen molar-refractivity contribution in [1.29, 1.82) is 0 Å². The lowest BCUT2D eigenvalue weighted by Gasteiger charge is -2.49. The first-order valence-electron chi connectivity index (χ1n) is 12.9. The number of carboxylic acids is 3. The highest BCUT2D eigenvalue weighted by molar-refractivity contribution is 5.78. The zero-order valence-electron chi connectivity index (χ0n) is 21.3. The number of aliphatic carboxylic acids is 3. The minimum Gasteiger partial charge on any atom is -0.477 e. The van der Waals surface area contributed by atoms with Gasteiger partial charge in [0.05, 0.1) is 6.54 Å². The Kier molecular flexibility index (Phi) is 16.6. The molecule has 3 N–H and O–H groups in total. The van der Waals surface area contributed by atoms with Crippen molar-refractivity contribution in [3.8, 4) is 0 Å². The van der Waals surface area contributed by atoms with E-state index >= 15 is 0 Å². The van der Waals surface area contributed by atoms with Crippen LogP contribution < -0.4 is 0 Å². The number of quaternary nitrogens is 1. The molecule has 3 unspecified atom stereocenters. The summed E-state index contributed by atoms with van der Waals surface area (Å²) in [6, 6.07) is -3.19. The normalized spacial score (nSPS) is 16.2. The van der Waals surface area contributed by atoms with E-state index in [-0.39, 0.29) is 25.8 Å². The fourth-order valence-electron chi connectivity index (χ4n) is 5.19. The Morgan fingerprint density at radius 2 is 0.970 bits per heavy atom. The molecule has 0 aliphatic rings. The van der Waals surface area contributed by atoms with Gasteiger partial charge in [-0.25, -0.2) is 14.4 Å². The van der Waals surface area contributed by atoms with Crippen molar-refractivity contribution in [3.05, 3.63) is 12.2 Å². The third-order valence-electron chi connectivity index (χ3n) is 6.81. The van der Waals surface area contributed by atoms with E-state index in [0.29, 0.717) is 6.42 Å². The predicted molar refractivity (Wildman–Crippen MR) is 131 cm³/mol. The van der Waals surface area contributed by atoms with Gasteiger partial charge in [0.25, 0.3) is 0 Å². The van der Waals surface area contributed by atoms with Gasteiger partial charge in [0.15, 0.2) is 18.1 Å². The standard InChI is InChI=1S/C26H47NO6/c1-5-9-10-11-12-13-14-15-16-17-18-19-20-27(21(6-2)24(28)29,22(7-3)25(30)31)23(8-4)26(32)33/h11-12,21-23H,5-10,13-20H2,1-4H3,(H2-,28,29,30,31,32,33)/p+1/b12-11+. The second-order valence-corrected chi connectivity index (χ2v) is 9.03. The van der Waals surface area contributed by atoms with Gasteiger partial charge in [-0.15, -0.1) is 0 Å².